The van der Waals surface area contributed by atoms with Gasteiger partial charge in [0, 0.05) is 19.9 Å². The van der Waals surface area contributed by atoms with E-state index in [1.165, 1.54) is 6.07 Å². The van der Waals surface area contributed by atoms with Crippen molar-refractivity contribution in [1.82, 2.24) is 0 Å². The molecule has 18 heavy (non-hydrogen) atoms. The molecular weight excluding hydrogens is 449 g/mol. The second-order valence-corrected chi connectivity index (χ2v) is 7.99. The Labute approximate surface area is 134 Å². The molecule has 1 atom stereocenters. The van der Waals surface area contributed by atoms with E-state index in [0.29, 0.717) is 12.0 Å². The summed E-state index contributed by atoms with van der Waals surface area (Å²) in [5, 5.41) is 0. The first-order valence-corrected chi connectivity index (χ1v) is 8.31. The van der Waals surface area contributed by atoms with Gasteiger partial charge in [-0.05, 0) is 68.1 Å². The molecular formula is C12H9Br3FNS. The summed E-state index contributed by atoms with van der Waals surface area (Å²) in [6, 6.07) is 6.67. The molecule has 2 aromatic rings. The van der Waals surface area contributed by atoms with E-state index in [2.05, 4.69) is 47.8 Å². The Morgan fingerprint density at radius 3 is 2.56 bits per heavy atom. The van der Waals surface area contributed by atoms with Crippen molar-refractivity contribution >= 4 is 59.1 Å². The number of halogens is 4. The van der Waals surface area contributed by atoms with Crippen LogP contribution in [-0.2, 0) is 6.42 Å². The Morgan fingerprint density at radius 2 is 1.94 bits per heavy atom. The van der Waals surface area contributed by atoms with Gasteiger partial charge in [-0.15, -0.1) is 11.3 Å². The molecule has 0 aliphatic heterocycles. The van der Waals surface area contributed by atoms with Gasteiger partial charge in [0.1, 0.15) is 5.82 Å². The van der Waals surface area contributed by atoms with Crippen molar-refractivity contribution in [2.45, 2.75) is 12.5 Å². The van der Waals surface area contributed by atoms with Gasteiger partial charge in [-0.3, -0.25) is 0 Å². The van der Waals surface area contributed by atoms with Crippen molar-refractivity contribution < 1.29 is 4.39 Å². The van der Waals surface area contributed by atoms with Gasteiger partial charge in [0.25, 0.3) is 0 Å². The van der Waals surface area contributed by atoms with Gasteiger partial charge in [0.2, 0.25) is 0 Å². The highest BCUT2D eigenvalue weighted by Crippen LogP contribution is 2.36. The first-order chi connectivity index (χ1) is 8.47. The summed E-state index contributed by atoms with van der Waals surface area (Å²) in [6.45, 7) is 0. The van der Waals surface area contributed by atoms with E-state index < -0.39 is 0 Å². The Morgan fingerprint density at radius 1 is 1.22 bits per heavy atom. The minimum Gasteiger partial charge on any atom is -0.323 e. The molecule has 2 N–H and O–H groups in total. The van der Waals surface area contributed by atoms with Crippen LogP contribution in [0.25, 0.3) is 0 Å². The summed E-state index contributed by atoms with van der Waals surface area (Å²) < 4.78 is 16.5. The average Bonchev–Trinajstić information content (AvgIpc) is 2.64. The lowest BCUT2D eigenvalue weighted by Gasteiger charge is -2.10. The standard InChI is InChI=1S/C12H9Br3FNS/c13-7-1-2-9(16)6(3-7)4-10(17)11-5-8(14)12(15)18-11/h1-3,5,10H,4,17H2. The van der Waals surface area contributed by atoms with Crippen molar-refractivity contribution in [1.29, 1.82) is 0 Å². The third-order valence-electron chi connectivity index (χ3n) is 2.48. The van der Waals surface area contributed by atoms with Crippen molar-refractivity contribution in [2.24, 2.45) is 5.73 Å². The maximum absolute atomic E-state index is 13.6. The third-order valence-corrected chi connectivity index (χ3v) is 6.36. The van der Waals surface area contributed by atoms with Gasteiger partial charge < -0.3 is 5.73 Å². The van der Waals surface area contributed by atoms with Crippen LogP contribution >= 0.6 is 59.1 Å². The molecule has 96 valence electrons. The monoisotopic (exact) mass is 455 g/mol. The van der Waals surface area contributed by atoms with Gasteiger partial charge in [-0.25, -0.2) is 4.39 Å². The van der Waals surface area contributed by atoms with Crippen LogP contribution in [0.4, 0.5) is 4.39 Å². The second-order valence-electron chi connectivity index (χ2n) is 3.82. The Bertz CT molecular complexity index is 551. The van der Waals surface area contributed by atoms with E-state index in [9.17, 15) is 4.39 Å². The second kappa shape index (κ2) is 6.13. The minimum atomic E-state index is -0.219. The maximum Gasteiger partial charge on any atom is 0.126 e. The molecule has 0 bridgehead atoms. The SMILES string of the molecule is NC(Cc1cc(Br)ccc1F)c1cc(Br)c(Br)s1. The average molecular weight is 458 g/mol. The largest absolute Gasteiger partial charge is 0.323 e. The normalized spacial score (nSPS) is 12.7. The van der Waals surface area contributed by atoms with E-state index in [1.54, 1.807) is 23.5 Å². The number of nitrogens with two attached hydrogens (primary N) is 1. The Balaban J connectivity index is 2.20. The Kier molecular flexibility index (Phi) is 4.99. The summed E-state index contributed by atoms with van der Waals surface area (Å²) >= 11 is 11.8. The number of hydrogen-bond acceptors (Lipinski definition) is 2. The molecule has 1 aromatic carbocycles. The van der Waals surface area contributed by atoms with Crippen LogP contribution in [0, 0.1) is 5.82 Å². The van der Waals surface area contributed by atoms with E-state index in [1.807, 2.05) is 6.07 Å². The predicted octanol–water partition coefficient (Wildman–Crippen LogP) is 5.42. The zero-order valence-corrected chi connectivity index (χ0v) is 14.7. The van der Waals surface area contributed by atoms with Crippen molar-refractivity contribution in [3.63, 3.8) is 0 Å². The summed E-state index contributed by atoms with van der Waals surface area (Å²) in [6.07, 6.45) is 0.477. The highest BCUT2D eigenvalue weighted by Gasteiger charge is 2.14. The van der Waals surface area contributed by atoms with Crippen molar-refractivity contribution in [3.05, 3.63) is 53.3 Å². The quantitative estimate of drug-likeness (QED) is 0.654. The van der Waals surface area contributed by atoms with Crippen LogP contribution in [0.3, 0.4) is 0 Å². The fourth-order valence-corrected chi connectivity index (χ4v) is 4.08. The topological polar surface area (TPSA) is 26.0 Å². The van der Waals surface area contributed by atoms with Crippen molar-refractivity contribution in [3.8, 4) is 0 Å². The molecule has 0 amide bonds. The van der Waals surface area contributed by atoms with Crippen LogP contribution < -0.4 is 5.73 Å². The van der Waals surface area contributed by atoms with E-state index in [-0.39, 0.29) is 11.9 Å². The summed E-state index contributed by atoms with van der Waals surface area (Å²) in [7, 11) is 0. The third kappa shape index (κ3) is 3.42. The van der Waals surface area contributed by atoms with Gasteiger partial charge in [-0.2, -0.15) is 0 Å². The first-order valence-electron chi connectivity index (χ1n) is 5.11. The predicted molar refractivity (Wildman–Crippen MR) is 84.5 cm³/mol. The van der Waals surface area contributed by atoms with E-state index in [4.69, 9.17) is 5.73 Å². The molecule has 0 saturated heterocycles. The molecule has 1 unspecified atom stereocenters. The minimum absolute atomic E-state index is 0.207. The lowest BCUT2D eigenvalue weighted by atomic mass is 10.1. The molecule has 2 rings (SSSR count). The molecule has 0 radical (unpaired) electrons. The molecule has 0 aliphatic carbocycles. The van der Waals surface area contributed by atoms with Crippen LogP contribution in [0.15, 0.2) is 37.0 Å². The zero-order valence-electron chi connectivity index (χ0n) is 9.09. The number of rotatable bonds is 3. The van der Waals surface area contributed by atoms with E-state index >= 15 is 0 Å². The van der Waals surface area contributed by atoms with Crippen LogP contribution in [0.5, 0.6) is 0 Å². The summed E-state index contributed by atoms with van der Waals surface area (Å²) in [5.41, 5.74) is 6.74. The lowest BCUT2D eigenvalue weighted by molar-refractivity contribution is 0.594. The highest BCUT2D eigenvalue weighted by atomic mass is 79.9. The zero-order chi connectivity index (χ0) is 13.3. The molecule has 0 spiro atoms. The summed E-state index contributed by atoms with van der Waals surface area (Å²) in [5.74, 6) is -0.219. The maximum atomic E-state index is 13.6. The first kappa shape index (κ1) is 14.7. The van der Waals surface area contributed by atoms with Gasteiger partial charge >= 0.3 is 0 Å². The van der Waals surface area contributed by atoms with Crippen LogP contribution in [0.1, 0.15) is 16.5 Å². The van der Waals surface area contributed by atoms with Crippen molar-refractivity contribution in [2.75, 3.05) is 0 Å². The van der Waals surface area contributed by atoms with Gasteiger partial charge in [-0.1, -0.05) is 15.9 Å². The molecule has 1 heterocycles. The smallest absolute Gasteiger partial charge is 0.126 e. The fraction of sp³-hybridized carbons (Fsp3) is 0.167. The molecule has 1 nitrogen and oxygen atoms in total. The lowest BCUT2D eigenvalue weighted by Crippen LogP contribution is -2.12. The molecule has 0 aliphatic rings. The number of hydrogen-bond donors (Lipinski definition) is 1. The van der Waals surface area contributed by atoms with E-state index in [0.717, 1.165) is 17.6 Å². The molecule has 0 saturated carbocycles. The number of benzene rings is 1. The number of thiophene rings is 1. The van der Waals surface area contributed by atoms with Crippen LogP contribution in [0.2, 0.25) is 0 Å². The van der Waals surface area contributed by atoms with Gasteiger partial charge in [0.15, 0.2) is 0 Å². The molecule has 6 heteroatoms. The highest BCUT2D eigenvalue weighted by molar-refractivity contribution is 9.13. The Hall–Kier alpha value is 0.250. The van der Waals surface area contributed by atoms with Crippen LogP contribution in [-0.4, -0.2) is 0 Å². The summed E-state index contributed by atoms with van der Waals surface area (Å²) in [4.78, 5) is 1.02. The molecule has 0 fully saturated rings. The fourth-order valence-electron chi connectivity index (χ4n) is 1.58. The molecule has 1 aromatic heterocycles. The van der Waals surface area contributed by atoms with Gasteiger partial charge in [0.05, 0.1) is 3.79 Å².